The van der Waals surface area contributed by atoms with E-state index in [-0.39, 0.29) is 0 Å². The van der Waals surface area contributed by atoms with Crippen molar-refractivity contribution in [1.82, 2.24) is 0 Å². The average Bonchev–Trinajstić information content (AvgIpc) is 2.33. The van der Waals surface area contributed by atoms with Gasteiger partial charge >= 0.3 is 0 Å². The molecule has 0 spiro atoms. The lowest BCUT2D eigenvalue weighted by molar-refractivity contribution is 0.0574. The predicted molar refractivity (Wildman–Crippen MR) is 88.3 cm³/mol. The van der Waals surface area contributed by atoms with Gasteiger partial charge < -0.3 is 5.11 Å². The van der Waals surface area contributed by atoms with E-state index in [1.54, 1.807) is 0 Å². The third-order valence-corrected chi connectivity index (χ3v) is 4.48. The van der Waals surface area contributed by atoms with Crippen molar-refractivity contribution in [3.8, 4) is 0 Å². The average molecular weight is 354 g/mol. The third-order valence-electron chi connectivity index (χ3n) is 3.68. The van der Waals surface area contributed by atoms with Gasteiger partial charge in [-0.25, -0.2) is 0 Å². The molecule has 2 rings (SSSR count). The molecule has 3 heteroatoms. The summed E-state index contributed by atoms with van der Waals surface area (Å²) in [6.45, 7) is 5.96. The fourth-order valence-electron chi connectivity index (χ4n) is 2.49. The Labute approximate surface area is 133 Å². The summed E-state index contributed by atoms with van der Waals surface area (Å²) >= 11 is 9.66. The number of halogens is 2. The molecule has 0 aliphatic rings. The molecule has 0 radical (unpaired) electrons. The molecular weight excluding hydrogens is 336 g/mol. The van der Waals surface area contributed by atoms with E-state index >= 15 is 0 Å². The molecule has 0 amide bonds. The van der Waals surface area contributed by atoms with Crippen LogP contribution in [0.2, 0.25) is 5.02 Å². The maximum Gasteiger partial charge on any atom is 0.0923 e. The Morgan fingerprint density at radius 1 is 1.15 bits per heavy atom. The molecule has 106 valence electrons. The second kappa shape index (κ2) is 5.88. The van der Waals surface area contributed by atoms with Gasteiger partial charge in [0.2, 0.25) is 0 Å². The molecule has 0 aromatic heterocycles. The van der Waals surface area contributed by atoms with Gasteiger partial charge in [-0.05, 0) is 49.6 Å². The quantitative estimate of drug-likeness (QED) is 0.807. The summed E-state index contributed by atoms with van der Waals surface area (Å²) in [5.41, 5.74) is 3.33. The van der Waals surface area contributed by atoms with Crippen LogP contribution in [-0.4, -0.2) is 5.11 Å². The van der Waals surface area contributed by atoms with Crippen molar-refractivity contribution in [3.05, 3.63) is 68.1 Å². The Morgan fingerprint density at radius 2 is 1.75 bits per heavy atom. The number of aryl methyl sites for hydroxylation is 2. The summed E-state index contributed by atoms with van der Waals surface area (Å²) in [5, 5.41) is 11.4. The molecule has 1 nitrogen and oxygen atoms in total. The van der Waals surface area contributed by atoms with Gasteiger partial charge in [-0.1, -0.05) is 51.8 Å². The molecule has 2 aromatic carbocycles. The van der Waals surface area contributed by atoms with Gasteiger partial charge in [0.1, 0.15) is 0 Å². The van der Waals surface area contributed by atoms with Crippen molar-refractivity contribution in [1.29, 1.82) is 0 Å². The second-order valence-corrected chi connectivity index (χ2v) is 6.77. The van der Waals surface area contributed by atoms with Crippen molar-refractivity contribution in [2.45, 2.75) is 32.8 Å². The van der Waals surface area contributed by atoms with Crippen LogP contribution in [0.25, 0.3) is 0 Å². The number of aliphatic hydroxyl groups is 1. The highest BCUT2D eigenvalue weighted by molar-refractivity contribution is 9.10. The number of benzene rings is 2. The van der Waals surface area contributed by atoms with E-state index in [1.165, 1.54) is 16.7 Å². The van der Waals surface area contributed by atoms with E-state index in [2.05, 4.69) is 41.9 Å². The van der Waals surface area contributed by atoms with Crippen molar-refractivity contribution in [2.24, 2.45) is 0 Å². The minimum atomic E-state index is -0.991. The van der Waals surface area contributed by atoms with Crippen LogP contribution in [0.1, 0.15) is 29.2 Å². The smallest absolute Gasteiger partial charge is 0.0923 e. The van der Waals surface area contributed by atoms with Gasteiger partial charge in [0.25, 0.3) is 0 Å². The molecule has 1 N–H and O–H groups in total. The molecule has 0 fully saturated rings. The first-order valence-electron chi connectivity index (χ1n) is 6.54. The molecule has 20 heavy (non-hydrogen) atoms. The van der Waals surface area contributed by atoms with Crippen LogP contribution in [0.15, 0.2) is 40.9 Å². The van der Waals surface area contributed by atoms with Crippen molar-refractivity contribution in [2.75, 3.05) is 0 Å². The van der Waals surface area contributed by atoms with E-state index in [0.717, 1.165) is 10.0 Å². The lowest BCUT2D eigenvalue weighted by Gasteiger charge is -2.27. The van der Waals surface area contributed by atoms with E-state index in [4.69, 9.17) is 11.6 Å². The van der Waals surface area contributed by atoms with Crippen LogP contribution in [-0.2, 0) is 12.0 Å². The summed E-state index contributed by atoms with van der Waals surface area (Å²) in [7, 11) is 0. The normalized spacial score (nSPS) is 14.1. The van der Waals surface area contributed by atoms with Gasteiger partial charge in [0, 0.05) is 21.5 Å². The van der Waals surface area contributed by atoms with Crippen LogP contribution < -0.4 is 0 Å². The van der Waals surface area contributed by atoms with Gasteiger partial charge in [-0.15, -0.1) is 0 Å². The molecule has 0 bridgehead atoms. The maximum absolute atomic E-state index is 10.9. The predicted octanol–water partition coefficient (Wildman–Crippen LogP) is 5.17. The van der Waals surface area contributed by atoms with E-state index in [1.807, 2.05) is 31.2 Å². The Morgan fingerprint density at radius 3 is 2.30 bits per heavy atom. The van der Waals surface area contributed by atoms with Crippen molar-refractivity contribution >= 4 is 27.5 Å². The van der Waals surface area contributed by atoms with Gasteiger partial charge in [0.05, 0.1) is 5.60 Å². The first-order valence-corrected chi connectivity index (χ1v) is 7.71. The molecule has 0 aliphatic heterocycles. The van der Waals surface area contributed by atoms with Gasteiger partial charge in [0.15, 0.2) is 0 Å². The first kappa shape index (κ1) is 15.6. The summed E-state index contributed by atoms with van der Waals surface area (Å²) < 4.78 is 0.911. The zero-order valence-electron chi connectivity index (χ0n) is 11.9. The number of hydrogen-bond donors (Lipinski definition) is 1. The zero-order valence-corrected chi connectivity index (χ0v) is 14.2. The highest BCUT2D eigenvalue weighted by atomic mass is 79.9. The summed E-state index contributed by atoms with van der Waals surface area (Å²) in [6.07, 6.45) is 0.548. The van der Waals surface area contributed by atoms with E-state index in [0.29, 0.717) is 11.4 Å². The van der Waals surface area contributed by atoms with Crippen molar-refractivity contribution in [3.63, 3.8) is 0 Å². The fraction of sp³-hybridized carbons (Fsp3) is 0.294. The molecule has 2 aromatic rings. The summed E-state index contributed by atoms with van der Waals surface area (Å²) in [4.78, 5) is 0. The fourth-order valence-corrected chi connectivity index (χ4v) is 3.37. The molecule has 0 aliphatic carbocycles. The molecular formula is C17H18BrClO. The van der Waals surface area contributed by atoms with E-state index in [9.17, 15) is 5.11 Å². The molecule has 1 atom stereocenters. The highest BCUT2D eigenvalue weighted by Crippen LogP contribution is 2.34. The first-order chi connectivity index (χ1) is 9.31. The summed E-state index contributed by atoms with van der Waals surface area (Å²) in [5.74, 6) is 0. The Hall–Kier alpha value is -0.830. The Bertz CT molecular complexity index is 615. The molecule has 0 heterocycles. The monoisotopic (exact) mass is 352 g/mol. The standard InChI is InChI=1S/C17H18BrClO/c1-11-5-4-6-12(2)14(11)10-17(3,20)15-8-7-13(18)9-16(15)19/h4-9,20H,10H2,1-3H3. The topological polar surface area (TPSA) is 20.2 Å². The van der Waals surface area contributed by atoms with Crippen molar-refractivity contribution < 1.29 is 5.11 Å². The number of hydrogen-bond acceptors (Lipinski definition) is 1. The van der Waals surface area contributed by atoms with Crippen LogP contribution in [0.3, 0.4) is 0 Å². The SMILES string of the molecule is Cc1cccc(C)c1CC(C)(O)c1ccc(Br)cc1Cl. The summed E-state index contributed by atoms with van der Waals surface area (Å²) in [6, 6.07) is 11.8. The number of rotatable bonds is 3. The lowest BCUT2D eigenvalue weighted by Crippen LogP contribution is -2.25. The molecule has 0 saturated carbocycles. The Kier molecular flexibility index (Phi) is 4.58. The van der Waals surface area contributed by atoms with E-state index < -0.39 is 5.60 Å². The molecule has 0 saturated heterocycles. The Balaban J connectivity index is 2.40. The van der Waals surface area contributed by atoms with Crippen LogP contribution in [0, 0.1) is 13.8 Å². The highest BCUT2D eigenvalue weighted by Gasteiger charge is 2.27. The lowest BCUT2D eigenvalue weighted by atomic mass is 9.86. The second-order valence-electron chi connectivity index (χ2n) is 5.45. The van der Waals surface area contributed by atoms with Crippen LogP contribution in [0.4, 0.5) is 0 Å². The maximum atomic E-state index is 10.9. The molecule has 1 unspecified atom stereocenters. The third kappa shape index (κ3) is 3.25. The van der Waals surface area contributed by atoms with Gasteiger partial charge in [-0.3, -0.25) is 0 Å². The van der Waals surface area contributed by atoms with Crippen LogP contribution >= 0.6 is 27.5 Å². The largest absolute Gasteiger partial charge is 0.385 e. The van der Waals surface area contributed by atoms with Crippen LogP contribution in [0.5, 0.6) is 0 Å². The zero-order chi connectivity index (χ0) is 14.9. The minimum Gasteiger partial charge on any atom is -0.385 e. The minimum absolute atomic E-state index is 0.548. The van der Waals surface area contributed by atoms with Gasteiger partial charge in [-0.2, -0.15) is 0 Å².